The number of benzene rings is 1. The summed E-state index contributed by atoms with van der Waals surface area (Å²) in [5.74, 6) is 0.499. The molecule has 0 radical (unpaired) electrons. The largest absolute Gasteiger partial charge is 0.466 e. The first kappa shape index (κ1) is 14.1. The Kier molecular flexibility index (Phi) is 4.61. The van der Waals surface area contributed by atoms with E-state index in [0.29, 0.717) is 13.1 Å². The molecule has 1 aromatic heterocycles. The Hall–Kier alpha value is -1.33. The number of likely N-dealkylation sites (N-methyl/N-ethyl adjacent to an activating group) is 1. The number of hydrogen-bond donors (Lipinski definition) is 1. The quantitative estimate of drug-likeness (QED) is 0.910. The van der Waals surface area contributed by atoms with Gasteiger partial charge in [-0.3, -0.25) is 0 Å². The van der Waals surface area contributed by atoms with Crippen molar-refractivity contribution in [1.29, 1.82) is 0 Å². The van der Waals surface area contributed by atoms with Crippen molar-refractivity contribution in [2.75, 3.05) is 18.0 Å². The van der Waals surface area contributed by atoms with Crippen LogP contribution >= 0.6 is 15.9 Å². The van der Waals surface area contributed by atoms with Crippen LogP contribution < -0.4 is 10.6 Å². The number of furan rings is 1. The average molecular weight is 327 g/mol. The summed E-state index contributed by atoms with van der Waals surface area (Å²) in [6, 6.07) is 8.19. The van der Waals surface area contributed by atoms with Crippen molar-refractivity contribution < 1.29 is 8.81 Å². The summed E-state index contributed by atoms with van der Waals surface area (Å²) in [5, 5.41) is 0. The summed E-state index contributed by atoms with van der Waals surface area (Å²) in [5.41, 5.74) is 6.66. The third-order valence-electron chi connectivity index (χ3n) is 3.03. The summed E-state index contributed by atoms with van der Waals surface area (Å²) in [7, 11) is 0. The van der Waals surface area contributed by atoms with Crippen LogP contribution in [0.1, 0.15) is 18.7 Å². The van der Waals surface area contributed by atoms with Crippen LogP contribution in [0, 0.1) is 5.82 Å². The van der Waals surface area contributed by atoms with Crippen LogP contribution in [0.2, 0.25) is 0 Å². The molecule has 0 fully saturated rings. The minimum absolute atomic E-state index is 0.129. The van der Waals surface area contributed by atoms with E-state index < -0.39 is 0 Å². The van der Waals surface area contributed by atoms with Gasteiger partial charge in [-0.2, -0.15) is 0 Å². The van der Waals surface area contributed by atoms with Crippen LogP contribution in [0.3, 0.4) is 0 Å². The Bertz CT molecular complexity index is 544. The molecule has 0 saturated heterocycles. The molecule has 0 aliphatic rings. The maximum atomic E-state index is 13.4. The second-order valence-electron chi connectivity index (χ2n) is 4.15. The van der Waals surface area contributed by atoms with E-state index in [-0.39, 0.29) is 11.9 Å². The monoisotopic (exact) mass is 326 g/mol. The van der Waals surface area contributed by atoms with E-state index in [2.05, 4.69) is 15.9 Å². The normalized spacial score (nSPS) is 12.4. The lowest BCUT2D eigenvalue weighted by molar-refractivity contribution is 0.450. The smallest absolute Gasteiger partial charge is 0.141 e. The molecule has 2 rings (SSSR count). The minimum atomic E-state index is -0.259. The zero-order valence-corrected chi connectivity index (χ0v) is 12.2. The second-order valence-corrected chi connectivity index (χ2v) is 5.00. The first-order chi connectivity index (χ1) is 9.17. The van der Waals surface area contributed by atoms with Crippen molar-refractivity contribution in [2.24, 2.45) is 5.73 Å². The molecule has 0 aliphatic carbocycles. The Morgan fingerprint density at radius 1 is 1.42 bits per heavy atom. The summed E-state index contributed by atoms with van der Waals surface area (Å²) in [6.07, 6.45) is 1.61. The first-order valence-corrected chi connectivity index (χ1v) is 6.91. The van der Waals surface area contributed by atoms with Crippen LogP contribution in [-0.2, 0) is 0 Å². The molecule has 3 nitrogen and oxygen atoms in total. The number of rotatable bonds is 5. The maximum absolute atomic E-state index is 13.4. The van der Waals surface area contributed by atoms with E-state index in [1.165, 1.54) is 12.1 Å². The molecule has 0 bridgehead atoms. The van der Waals surface area contributed by atoms with Gasteiger partial charge in [-0.1, -0.05) is 6.07 Å². The number of halogens is 2. The fraction of sp³-hybridized carbons (Fsp3) is 0.286. The molecule has 1 heterocycles. The highest BCUT2D eigenvalue weighted by molar-refractivity contribution is 9.10. The molecule has 5 heteroatoms. The van der Waals surface area contributed by atoms with Gasteiger partial charge in [0.1, 0.15) is 17.6 Å². The molecule has 0 aliphatic heterocycles. The van der Waals surface area contributed by atoms with Crippen LogP contribution in [-0.4, -0.2) is 13.1 Å². The minimum Gasteiger partial charge on any atom is -0.466 e. The fourth-order valence-corrected chi connectivity index (χ4v) is 2.62. The summed E-state index contributed by atoms with van der Waals surface area (Å²) < 4.78 is 19.7. The second kappa shape index (κ2) is 6.21. The van der Waals surface area contributed by atoms with Crippen LogP contribution in [0.4, 0.5) is 10.1 Å². The van der Waals surface area contributed by atoms with Gasteiger partial charge in [0.2, 0.25) is 0 Å². The molecular weight excluding hydrogens is 311 g/mol. The highest BCUT2D eigenvalue weighted by atomic mass is 79.9. The Balaban J connectivity index is 2.37. The number of nitrogens with two attached hydrogens (primary N) is 1. The highest BCUT2D eigenvalue weighted by Gasteiger charge is 2.23. The van der Waals surface area contributed by atoms with Gasteiger partial charge in [0.05, 0.1) is 10.7 Å². The van der Waals surface area contributed by atoms with E-state index >= 15 is 0 Å². The Morgan fingerprint density at radius 2 is 2.21 bits per heavy atom. The topological polar surface area (TPSA) is 42.4 Å². The van der Waals surface area contributed by atoms with Gasteiger partial charge in [0.15, 0.2) is 0 Å². The van der Waals surface area contributed by atoms with Gasteiger partial charge in [-0.15, -0.1) is 0 Å². The van der Waals surface area contributed by atoms with Crippen molar-refractivity contribution >= 4 is 21.6 Å². The lowest BCUT2D eigenvalue weighted by atomic mass is 10.1. The first-order valence-electron chi connectivity index (χ1n) is 6.12. The van der Waals surface area contributed by atoms with E-state index in [4.69, 9.17) is 10.2 Å². The predicted molar refractivity (Wildman–Crippen MR) is 77.6 cm³/mol. The van der Waals surface area contributed by atoms with Gasteiger partial charge in [-0.25, -0.2) is 4.39 Å². The molecule has 1 aromatic carbocycles. The van der Waals surface area contributed by atoms with E-state index in [0.717, 1.165) is 15.9 Å². The summed E-state index contributed by atoms with van der Waals surface area (Å²) in [4.78, 5) is 2.02. The van der Waals surface area contributed by atoms with E-state index in [9.17, 15) is 4.39 Å². The zero-order chi connectivity index (χ0) is 13.8. The summed E-state index contributed by atoms with van der Waals surface area (Å²) >= 11 is 3.44. The molecule has 0 amide bonds. The van der Waals surface area contributed by atoms with Gasteiger partial charge in [0, 0.05) is 18.8 Å². The number of hydrogen-bond acceptors (Lipinski definition) is 3. The molecule has 102 valence electrons. The van der Waals surface area contributed by atoms with Gasteiger partial charge < -0.3 is 15.1 Å². The molecule has 1 atom stereocenters. The van der Waals surface area contributed by atoms with Crippen molar-refractivity contribution in [3.63, 3.8) is 0 Å². The van der Waals surface area contributed by atoms with Crippen molar-refractivity contribution in [2.45, 2.75) is 13.0 Å². The Morgan fingerprint density at radius 3 is 2.74 bits per heavy atom. The SMILES string of the molecule is CCN(c1cccc(F)c1)C(CN)c1occc1Br. The fourth-order valence-electron chi connectivity index (χ4n) is 2.16. The van der Waals surface area contributed by atoms with Gasteiger partial charge in [0.25, 0.3) is 0 Å². The van der Waals surface area contributed by atoms with Gasteiger partial charge >= 0.3 is 0 Å². The average Bonchev–Trinajstić information content (AvgIpc) is 2.82. The van der Waals surface area contributed by atoms with Crippen LogP contribution in [0.25, 0.3) is 0 Å². The lowest BCUT2D eigenvalue weighted by Crippen LogP contribution is -2.33. The maximum Gasteiger partial charge on any atom is 0.141 e. The van der Waals surface area contributed by atoms with E-state index in [1.54, 1.807) is 12.3 Å². The molecule has 2 N–H and O–H groups in total. The third-order valence-corrected chi connectivity index (χ3v) is 3.68. The Labute approximate surface area is 120 Å². The van der Waals surface area contributed by atoms with Crippen LogP contribution in [0.15, 0.2) is 45.5 Å². The van der Waals surface area contributed by atoms with Crippen molar-refractivity contribution in [1.82, 2.24) is 0 Å². The lowest BCUT2D eigenvalue weighted by Gasteiger charge is -2.31. The highest BCUT2D eigenvalue weighted by Crippen LogP contribution is 2.31. The van der Waals surface area contributed by atoms with Crippen LogP contribution in [0.5, 0.6) is 0 Å². The molecule has 1 unspecified atom stereocenters. The number of anilines is 1. The third kappa shape index (κ3) is 2.98. The molecule has 0 spiro atoms. The predicted octanol–water partition coefficient (Wildman–Crippen LogP) is 3.71. The molecule has 0 saturated carbocycles. The zero-order valence-electron chi connectivity index (χ0n) is 10.6. The molecule has 19 heavy (non-hydrogen) atoms. The molecular formula is C14H16BrFN2O. The van der Waals surface area contributed by atoms with Crippen molar-refractivity contribution in [3.8, 4) is 0 Å². The van der Waals surface area contributed by atoms with Crippen molar-refractivity contribution in [3.05, 3.63) is 52.6 Å². The molecule has 2 aromatic rings. The number of nitrogens with zero attached hydrogens (tertiary/aromatic N) is 1. The standard InChI is InChI=1S/C14H16BrFN2O/c1-2-18(11-5-3-4-10(16)8-11)13(9-17)14-12(15)6-7-19-14/h3-8,13H,2,9,17H2,1H3. The van der Waals surface area contributed by atoms with Gasteiger partial charge in [-0.05, 0) is 47.1 Å². The van der Waals surface area contributed by atoms with E-state index in [1.807, 2.05) is 24.0 Å². The summed E-state index contributed by atoms with van der Waals surface area (Å²) in [6.45, 7) is 3.10.